The summed E-state index contributed by atoms with van der Waals surface area (Å²) in [5, 5.41) is 3.72. The van der Waals surface area contributed by atoms with E-state index in [0.29, 0.717) is 17.0 Å². The molecule has 72 valence electrons. The lowest BCUT2D eigenvalue weighted by Crippen LogP contribution is -1.82. The monoisotopic (exact) mass is 211 g/mol. The number of benzene rings is 1. The Morgan fingerprint density at radius 3 is 2.79 bits per heavy atom. The van der Waals surface area contributed by atoms with Crippen LogP contribution in [0, 0.1) is 5.82 Å². The average Bonchev–Trinajstić information content (AvgIpc) is 2.67. The van der Waals surface area contributed by atoms with Gasteiger partial charge >= 0.3 is 0 Å². The van der Waals surface area contributed by atoms with E-state index in [1.54, 1.807) is 24.3 Å². The molecule has 0 spiro atoms. The molecule has 0 unspecified atom stereocenters. The van der Waals surface area contributed by atoms with Crippen LogP contribution in [0.2, 0.25) is 0 Å². The lowest BCUT2D eigenvalue weighted by atomic mass is 10.1. The summed E-state index contributed by atoms with van der Waals surface area (Å²) in [6, 6.07) is 8.02. The zero-order chi connectivity index (χ0) is 9.97. The van der Waals surface area contributed by atoms with Crippen LogP contribution in [-0.2, 0) is 5.88 Å². The number of hydrogen-bond acceptors (Lipinski definition) is 2. The summed E-state index contributed by atoms with van der Waals surface area (Å²) in [7, 11) is 0. The smallest absolute Gasteiger partial charge is 0.152 e. The highest BCUT2D eigenvalue weighted by Crippen LogP contribution is 2.22. The van der Waals surface area contributed by atoms with Crippen molar-refractivity contribution in [1.29, 1.82) is 0 Å². The van der Waals surface area contributed by atoms with Crippen LogP contribution >= 0.6 is 11.6 Å². The molecule has 0 fully saturated rings. The van der Waals surface area contributed by atoms with Gasteiger partial charge in [-0.15, -0.1) is 11.6 Å². The summed E-state index contributed by atoms with van der Waals surface area (Å²) in [4.78, 5) is 0. The van der Waals surface area contributed by atoms with E-state index in [1.165, 1.54) is 6.07 Å². The molecule has 0 amide bonds. The molecule has 0 saturated heterocycles. The van der Waals surface area contributed by atoms with Gasteiger partial charge in [0.1, 0.15) is 11.5 Å². The number of rotatable bonds is 2. The standard InChI is InChI=1S/C10H7ClFNO/c11-6-7-5-10(13-14-7)8-3-1-2-4-9(8)12/h1-5H,6H2. The summed E-state index contributed by atoms with van der Waals surface area (Å²) in [6.45, 7) is 0. The zero-order valence-electron chi connectivity index (χ0n) is 7.21. The fourth-order valence-electron chi connectivity index (χ4n) is 1.17. The predicted molar refractivity (Wildman–Crippen MR) is 51.5 cm³/mol. The lowest BCUT2D eigenvalue weighted by Gasteiger charge is -1.95. The van der Waals surface area contributed by atoms with Gasteiger partial charge in [-0.05, 0) is 12.1 Å². The Morgan fingerprint density at radius 1 is 1.36 bits per heavy atom. The Hall–Kier alpha value is -1.35. The van der Waals surface area contributed by atoms with Crippen LogP contribution in [0.15, 0.2) is 34.9 Å². The summed E-state index contributed by atoms with van der Waals surface area (Å²) in [5.74, 6) is 0.452. The maximum Gasteiger partial charge on any atom is 0.152 e. The molecule has 1 aromatic heterocycles. The fourth-order valence-corrected chi connectivity index (χ4v) is 1.30. The van der Waals surface area contributed by atoms with Gasteiger partial charge in [-0.1, -0.05) is 17.3 Å². The van der Waals surface area contributed by atoms with Gasteiger partial charge < -0.3 is 4.52 Å². The second-order valence-electron chi connectivity index (χ2n) is 2.79. The van der Waals surface area contributed by atoms with Crippen molar-refractivity contribution in [1.82, 2.24) is 5.16 Å². The molecule has 2 aromatic rings. The third kappa shape index (κ3) is 1.63. The van der Waals surface area contributed by atoms with Crippen molar-refractivity contribution in [2.24, 2.45) is 0 Å². The Morgan fingerprint density at radius 2 is 2.14 bits per heavy atom. The van der Waals surface area contributed by atoms with Crippen LogP contribution in [0.25, 0.3) is 11.3 Å². The summed E-state index contributed by atoms with van der Waals surface area (Å²) < 4.78 is 18.1. The first-order valence-electron chi connectivity index (χ1n) is 4.07. The minimum atomic E-state index is -0.318. The SMILES string of the molecule is Fc1ccccc1-c1cc(CCl)on1. The van der Waals surface area contributed by atoms with Gasteiger partial charge in [-0.2, -0.15) is 0 Å². The number of aromatic nitrogens is 1. The Labute approximate surface area is 85.3 Å². The highest BCUT2D eigenvalue weighted by atomic mass is 35.5. The topological polar surface area (TPSA) is 26.0 Å². The van der Waals surface area contributed by atoms with E-state index in [0.717, 1.165) is 0 Å². The second kappa shape index (κ2) is 3.80. The first kappa shape index (κ1) is 9.21. The highest BCUT2D eigenvalue weighted by Gasteiger charge is 2.09. The second-order valence-corrected chi connectivity index (χ2v) is 3.06. The number of halogens is 2. The molecule has 0 aliphatic heterocycles. The van der Waals surface area contributed by atoms with Crippen molar-refractivity contribution in [2.75, 3.05) is 0 Å². The van der Waals surface area contributed by atoms with Gasteiger partial charge in [0, 0.05) is 11.6 Å². The van der Waals surface area contributed by atoms with Gasteiger partial charge in [-0.25, -0.2) is 4.39 Å². The third-order valence-electron chi connectivity index (χ3n) is 1.84. The van der Waals surface area contributed by atoms with Crippen LogP contribution < -0.4 is 0 Å². The van der Waals surface area contributed by atoms with Gasteiger partial charge in [0.15, 0.2) is 5.76 Å². The van der Waals surface area contributed by atoms with Crippen molar-refractivity contribution in [2.45, 2.75) is 5.88 Å². The highest BCUT2D eigenvalue weighted by molar-refractivity contribution is 6.16. The van der Waals surface area contributed by atoms with Gasteiger partial charge in [-0.3, -0.25) is 0 Å². The molecule has 0 N–H and O–H groups in total. The first-order chi connectivity index (χ1) is 6.81. The molecular formula is C10H7ClFNO. The van der Waals surface area contributed by atoms with Crippen molar-refractivity contribution in [3.8, 4) is 11.3 Å². The molecule has 2 nitrogen and oxygen atoms in total. The number of nitrogens with zero attached hydrogens (tertiary/aromatic N) is 1. The van der Waals surface area contributed by atoms with Crippen molar-refractivity contribution in [3.63, 3.8) is 0 Å². The summed E-state index contributed by atoms with van der Waals surface area (Å²) in [5.41, 5.74) is 0.895. The fraction of sp³-hybridized carbons (Fsp3) is 0.100. The predicted octanol–water partition coefficient (Wildman–Crippen LogP) is 3.22. The normalized spacial score (nSPS) is 10.4. The average molecular weight is 212 g/mol. The van der Waals surface area contributed by atoms with Crippen LogP contribution in [0.5, 0.6) is 0 Å². The Balaban J connectivity index is 2.44. The minimum absolute atomic E-state index is 0.238. The Kier molecular flexibility index (Phi) is 2.50. The van der Waals surface area contributed by atoms with Gasteiger partial charge in [0.25, 0.3) is 0 Å². The molecule has 0 aliphatic carbocycles. The lowest BCUT2D eigenvalue weighted by molar-refractivity contribution is 0.396. The number of alkyl halides is 1. The van der Waals surface area contributed by atoms with Gasteiger partial charge in [0.05, 0.1) is 5.88 Å². The zero-order valence-corrected chi connectivity index (χ0v) is 7.96. The molecule has 2 rings (SSSR count). The molecule has 0 radical (unpaired) electrons. The quantitative estimate of drug-likeness (QED) is 0.713. The van der Waals surface area contributed by atoms with E-state index in [4.69, 9.17) is 16.1 Å². The van der Waals surface area contributed by atoms with Crippen molar-refractivity contribution >= 4 is 11.6 Å². The molecule has 4 heteroatoms. The molecular weight excluding hydrogens is 205 g/mol. The van der Waals surface area contributed by atoms with Gasteiger partial charge in [0.2, 0.25) is 0 Å². The third-order valence-corrected chi connectivity index (χ3v) is 2.10. The van der Waals surface area contributed by atoms with Crippen LogP contribution in [0.1, 0.15) is 5.76 Å². The number of hydrogen-bond donors (Lipinski definition) is 0. The van der Waals surface area contributed by atoms with E-state index in [1.807, 2.05) is 0 Å². The molecule has 1 heterocycles. The van der Waals surface area contributed by atoms with E-state index in [2.05, 4.69) is 5.16 Å². The summed E-state index contributed by atoms with van der Waals surface area (Å²) >= 11 is 5.54. The van der Waals surface area contributed by atoms with Crippen LogP contribution in [0.4, 0.5) is 4.39 Å². The Bertz CT molecular complexity index is 441. The maximum absolute atomic E-state index is 13.3. The van der Waals surface area contributed by atoms with Crippen molar-refractivity contribution < 1.29 is 8.91 Å². The van der Waals surface area contributed by atoms with Crippen LogP contribution in [0.3, 0.4) is 0 Å². The molecule has 14 heavy (non-hydrogen) atoms. The largest absolute Gasteiger partial charge is 0.359 e. The molecule has 1 aromatic carbocycles. The molecule has 0 bridgehead atoms. The molecule has 0 atom stereocenters. The molecule has 0 aliphatic rings. The van der Waals surface area contributed by atoms with Crippen molar-refractivity contribution in [3.05, 3.63) is 41.9 Å². The van der Waals surface area contributed by atoms with E-state index in [9.17, 15) is 4.39 Å². The maximum atomic E-state index is 13.3. The molecule has 0 saturated carbocycles. The first-order valence-corrected chi connectivity index (χ1v) is 4.61. The minimum Gasteiger partial charge on any atom is -0.359 e. The van der Waals surface area contributed by atoms with E-state index in [-0.39, 0.29) is 11.7 Å². The summed E-state index contributed by atoms with van der Waals surface area (Å²) in [6.07, 6.45) is 0. The van der Waals surface area contributed by atoms with Crippen LogP contribution in [-0.4, -0.2) is 5.16 Å². The van der Waals surface area contributed by atoms with E-state index >= 15 is 0 Å². The van der Waals surface area contributed by atoms with E-state index < -0.39 is 0 Å².